The molecule has 1 fully saturated rings. The van der Waals surface area contributed by atoms with Gasteiger partial charge in [0.25, 0.3) is 0 Å². The molecule has 288 valence electrons. The number of hydrogen-bond donors (Lipinski definition) is 3. The van der Waals surface area contributed by atoms with E-state index in [-0.39, 0.29) is 36.0 Å². The van der Waals surface area contributed by atoms with Gasteiger partial charge in [0.2, 0.25) is 0 Å². The maximum Gasteiger partial charge on any atom is 1.00 e. The molecule has 17 heteroatoms. The molecule has 0 radical (unpaired) electrons. The fourth-order valence-electron chi connectivity index (χ4n) is 5.55. The number of ether oxygens (including phenoxy) is 4. The second-order valence-corrected chi connectivity index (χ2v) is 17.7. The van der Waals surface area contributed by atoms with Crippen LogP contribution in [0.25, 0.3) is 0 Å². The Morgan fingerprint density at radius 3 is 1.88 bits per heavy atom. The van der Waals surface area contributed by atoms with E-state index in [1.807, 2.05) is 28.7 Å². The molecular formula is C34H52I3NaO12S. The quantitative estimate of drug-likeness (QED) is 0.0325. The summed E-state index contributed by atoms with van der Waals surface area (Å²) in [5, 5.41) is 30.7. The minimum Gasteiger partial charge on any atom is -0.748 e. The van der Waals surface area contributed by atoms with E-state index in [4.69, 9.17) is 18.9 Å². The van der Waals surface area contributed by atoms with Crippen molar-refractivity contribution in [2.24, 2.45) is 0 Å². The number of halogens is 3. The van der Waals surface area contributed by atoms with Crippen LogP contribution < -0.4 is 29.6 Å². The SMILES string of the molecule is CCCCCCCCCCCCCCCCCC(=O)OC(COC(=O)c1cc(I)cc(I)c1I)CO[C@H]1O[C@H](CS(=O)(=O)[O-])[C@@H](O)[C@H](O)[C@H]1O.[Na+]. The van der Waals surface area contributed by atoms with E-state index in [1.165, 1.54) is 70.6 Å². The second-order valence-electron chi connectivity index (χ2n) is 12.7. The average Bonchev–Trinajstić information content (AvgIpc) is 3.05. The topological polar surface area (TPSA) is 189 Å². The summed E-state index contributed by atoms with van der Waals surface area (Å²) in [4.78, 5) is 25.8. The Morgan fingerprint density at radius 1 is 0.824 bits per heavy atom. The first kappa shape index (κ1) is 50.1. The van der Waals surface area contributed by atoms with E-state index in [0.29, 0.717) is 15.6 Å². The summed E-state index contributed by atoms with van der Waals surface area (Å²) in [5.74, 6) is -2.36. The zero-order valence-electron chi connectivity index (χ0n) is 29.6. The molecule has 0 aromatic heterocycles. The van der Waals surface area contributed by atoms with E-state index >= 15 is 0 Å². The van der Waals surface area contributed by atoms with Gasteiger partial charge in [-0.25, -0.2) is 13.2 Å². The van der Waals surface area contributed by atoms with Crippen molar-refractivity contribution in [3.05, 3.63) is 28.4 Å². The summed E-state index contributed by atoms with van der Waals surface area (Å²) in [6.07, 6.45) is 7.94. The molecule has 0 aliphatic carbocycles. The summed E-state index contributed by atoms with van der Waals surface area (Å²) >= 11 is 6.24. The van der Waals surface area contributed by atoms with Crippen LogP contribution in [-0.2, 0) is 33.9 Å². The molecule has 1 aliphatic heterocycles. The third-order valence-electron chi connectivity index (χ3n) is 8.38. The Morgan fingerprint density at radius 2 is 1.35 bits per heavy atom. The molecule has 12 nitrogen and oxygen atoms in total. The summed E-state index contributed by atoms with van der Waals surface area (Å²) in [6, 6.07) is 3.58. The Labute approximate surface area is 366 Å². The number of esters is 2. The Balaban J connectivity index is 0.0000130. The van der Waals surface area contributed by atoms with Crippen LogP contribution >= 0.6 is 67.8 Å². The smallest absolute Gasteiger partial charge is 0.748 e. The number of aliphatic hydroxyl groups is 3. The molecule has 1 aromatic carbocycles. The molecule has 1 saturated heterocycles. The van der Waals surface area contributed by atoms with Gasteiger partial charge in [-0.2, -0.15) is 0 Å². The largest absolute Gasteiger partial charge is 1.00 e. The summed E-state index contributed by atoms with van der Waals surface area (Å²) in [5.41, 5.74) is 0.329. The van der Waals surface area contributed by atoms with Crippen molar-refractivity contribution in [3.8, 4) is 0 Å². The molecule has 3 N–H and O–H groups in total. The van der Waals surface area contributed by atoms with E-state index in [2.05, 4.69) is 52.1 Å². The predicted octanol–water partition coefficient (Wildman–Crippen LogP) is 3.20. The molecule has 2 rings (SSSR count). The van der Waals surface area contributed by atoms with Crippen LogP contribution in [0.15, 0.2) is 12.1 Å². The monoisotopic (exact) mass is 1090 g/mol. The van der Waals surface area contributed by atoms with Gasteiger partial charge in [-0.3, -0.25) is 4.79 Å². The van der Waals surface area contributed by atoms with Crippen LogP contribution in [0.2, 0.25) is 0 Å². The molecular weight excluding hydrogens is 1040 g/mol. The summed E-state index contributed by atoms with van der Waals surface area (Å²) in [6.45, 7) is 1.36. The van der Waals surface area contributed by atoms with Crippen LogP contribution in [0, 0.1) is 10.7 Å². The van der Waals surface area contributed by atoms with Crippen molar-refractivity contribution >= 4 is 89.8 Å². The fourth-order valence-corrected chi connectivity index (χ4v) is 8.60. The molecule has 1 aromatic rings. The molecule has 1 aliphatic rings. The van der Waals surface area contributed by atoms with Gasteiger partial charge < -0.3 is 38.8 Å². The van der Waals surface area contributed by atoms with Crippen molar-refractivity contribution in [3.63, 3.8) is 0 Å². The zero-order valence-corrected chi connectivity index (χ0v) is 38.9. The van der Waals surface area contributed by atoms with Gasteiger partial charge in [0, 0.05) is 17.1 Å². The molecule has 0 amide bonds. The Hall–Kier alpha value is 1.06. The second kappa shape index (κ2) is 27.6. The van der Waals surface area contributed by atoms with Crippen molar-refractivity contribution in [1.29, 1.82) is 0 Å². The number of aliphatic hydroxyl groups excluding tert-OH is 3. The number of hydrogen-bond acceptors (Lipinski definition) is 12. The van der Waals surface area contributed by atoms with Gasteiger partial charge in [-0.15, -0.1) is 0 Å². The van der Waals surface area contributed by atoms with Crippen LogP contribution in [0.3, 0.4) is 0 Å². The average molecular weight is 1090 g/mol. The van der Waals surface area contributed by atoms with Crippen LogP contribution in [0.4, 0.5) is 0 Å². The van der Waals surface area contributed by atoms with E-state index in [9.17, 15) is 37.9 Å². The van der Waals surface area contributed by atoms with Gasteiger partial charge >= 0.3 is 41.5 Å². The van der Waals surface area contributed by atoms with Crippen molar-refractivity contribution < 1.29 is 86.4 Å². The Kier molecular flexibility index (Phi) is 27.1. The molecule has 1 heterocycles. The van der Waals surface area contributed by atoms with Gasteiger partial charge in [-0.05, 0) is 86.3 Å². The predicted molar refractivity (Wildman–Crippen MR) is 211 cm³/mol. The third-order valence-corrected chi connectivity index (χ3v) is 12.8. The number of carbonyl (C=O) groups is 2. The van der Waals surface area contributed by atoms with Gasteiger partial charge in [0.1, 0.15) is 31.0 Å². The molecule has 1 unspecified atom stereocenters. The normalized spacial score (nSPS) is 21.1. The van der Waals surface area contributed by atoms with Crippen molar-refractivity contribution in [2.75, 3.05) is 19.0 Å². The minimum atomic E-state index is -4.86. The molecule has 0 spiro atoms. The van der Waals surface area contributed by atoms with Crippen molar-refractivity contribution in [1.82, 2.24) is 0 Å². The molecule has 0 saturated carbocycles. The first-order valence-corrected chi connectivity index (χ1v) is 22.3. The standard InChI is InChI=1S/C34H53I3O12S.Na/c1-2-3-4-5-6-7-8-9-10-11-12-13-14-15-16-17-28(38)48-24(20-46-33(42)25-18-23(35)19-26(36)29(25)37)21-47-34-32(41)31(40)30(39)27(49-34)22-50(43,44)45;/h18-19,24,27,30-32,34,39-41H,2-17,20-22H2,1H3,(H,43,44,45);/q;+1/p-1/t24?,27-,30-,31+,32-,34+;/m1./s1. The third kappa shape index (κ3) is 20.7. The van der Waals surface area contributed by atoms with Gasteiger partial charge in [0.05, 0.1) is 28.0 Å². The molecule has 6 atom stereocenters. The first-order valence-electron chi connectivity index (χ1n) is 17.5. The van der Waals surface area contributed by atoms with Crippen LogP contribution in [0.1, 0.15) is 120 Å². The number of benzene rings is 1. The molecule has 51 heavy (non-hydrogen) atoms. The van der Waals surface area contributed by atoms with Gasteiger partial charge in [-0.1, -0.05) is 96.8 Å². The number of unbranched alkanes of at least 4 members (excludes halogenated alkanes) is 14. The fraction of sp³-hybridized carbons (Fsp3) is 0.765. The van der Waals surface area contributed by atoms with E-state index in [0.717, 1.165) is 26.4 Å². The van der Waals surface area contributed by atoms with Crippen LogP contribution in [0.5, 0.6) is 0 Å². The number of carbonyl (C=O) groups excluding carboxylic acids is 2. The van der Waals surface area contributed by atoms with E-state index < -0.39 is 77.8 Å². The van der Waals surface area contributed by atoms with Crippen molar-refractivity contribution in [2.45, 2.75) is 146 Å². The number of rotatable bonds is 25. The maximum absolute atomic E-state index is 13.0. The van der Waals surface area contributed by atoms with Gasteiger partial charge in [0.15, 0.2) is 12.4 Å². The minimum absolute atomic E-state index is 0. The maximum atomic E-state index is 13.0. The van der Waals surface area contributed by atoms with E-state index in [1.54, 1.807) is 6.07 Å². The first-order chi connectivity index (χ1) is 23.7. The summed E-state index contributed by atoms with van der Waals surface area (Å²) in [7, 11) is -4.86. The summed E-state index contributed by atoms with van der Waals surface area (Å²) < 4.78 is 58.1. The van der Waals surface area contributed by atoms with Crippen LogP contribution in [-0.4, -0.2) is 96.0 Å². The zero-order chi connectivity index (χ0) is 37.1. The Bertz CT molecular complexity index is 1280. The molecule has 0 bridgehead atoms.